The lowest BCUT2D eigenvalue weighted by atomic mass is 9.68. The molecular formula is C14H18B2Br2O4. The summed E-state index contributed by atoms with van der Waals surface area (Å²) in [5, 5.41) is 1.49. The van der Waals surface area contributed by atoms with E-state index in [1.807, 2.05) is 0 Å². The van der Waals surface area contributed by atoms with Gasteiger partial charge in [-0.25, -0.2) is 0 Å². The van der Waals surface area contributed by atoms with Crippen LogP contribution in [0.4, 0.5) is 0 Å². The minimum atomic E-state index is -0.277. The van der Waals surface area contributed by atoms with Gasteiger partial charge in [0.05, 0.1) is 0 Å². The third-order valence-electron chi connectivity index (χ3n) is 3.85. The van der Waals surface area contributed by atoms with Crippen molar-refractivity contribution in [1.82, 2.24) is 0 Å². The number of hydrogen-bond donors (Lipinski definition) is 0. The molecule has 0 spiro atoms. The zero-order valence-corrected chi connectivity index (χ0v) is 15.5. The molecule has 22 heavy (non-hydrogen) atoms. The van der Waals surface area contributed by atoms with Crippen molar-refractivity contribution in [2.45, 2.75) is 23.5 Å². The molecule has 0 unspecified atom stereocenters. The molecule has 0 N–H and O–H groups in total. The van der Waals surface area contributed by atoms with Crippen LogP contribution in [0.2, 0.25) is 0 Å². The van der Waals surface area contributed by atoms with Gasteiger partial charge in [-0.15, -0.1) is 0 Å². The first-order chi connectivity index (χ1) is 10.8. The van der Waals surface area contributed by atoms with Gasteiger partial charge in [0, 0.05) is 37.1 Å². The van der Waals surface area contributed by atoms with Crippen LogP contribution in [-0.2, 0) is 29.3 Å². The molecule has 0 saturated carbocycles. The van der Waals surface area contributed by atoms with Crippen LogP contribution < -0.4 is 10.9 Å². The van der Waals surface area contributed by atoms with Gasteiger partial charge >= 0.3 is 14.2 Å². The maximum absolute atomic E-state index is 5.77. The van der Waals surface area contributed by atoms with Crippen molar-refractivity contribution < 1.29 is 18.6 Å². The van der Waals surface area contributed by atoms with Crippen molar-refractivity contribution in [3.05, 3.63) is 23.3 Å². The molecule has 1 aromatic rings. The van der Waals surface area contributed by atoms with Gasteiger partial charge in [-0.05, 0) is 34.9 Å². The van der Waals surface area contributed by atoms with Crippen LogP contribution in [0, 0.1) is 0 Å². The normalized spacial score (nSPS) is 19.5. The Bertz CT molecular complexity index is 460. The molecule has 2 heterocycles. The van der Waals surface area contributed by atoms with E-state index in [2.05, 4.69) is 44.0 Å². The van der Waals surface area contributed by atoms with Gasteiger partial charge in [-0.1, -0.05) is 44.0 Å². The Morgan fingerprint density at radius 1 is 0.727 bits per heavy atom. The summed E-state index contributed by atoms with van der Waals surface area (Å²) >= 11 is 7.15. The lowest BCUT2D eigenvalue weighted by Gasteiger charge is -2.25. The third kappa shape index (κ3) is 3.79. The summed E-state index contributed by atoms with van der Waals surface area (Å²) in [5.41, 5.74) is 4.49. The highest BCUT2D eigenvalue weighted by Gasteiger charge is 2.32. The number of alkyl halides is 2. The standard InChI is InChI=1S/C14H18B2Br2O4/c17-9-11-8-14(16-21-5-2-6-22-16)12(10-18)7-13(11)15-19-3-1-4-20-15/h7-8H,1-6,9-10H2. The smallest absolute Gasteiger partial charge is 0.407 e. The Balaban J connectivity index is 1.94. The van der Waals surface area contributed by atoms with Gasteiger partial charge < -0.3 is 18.6 Å². The first-order valence-corrected chi connectivity index (χ1v) is 9.81. The summed E-state index contributed by atoms with van der Waals surface area (Å²) in [4.78, 5) is 0. The highest BCUT2D eigenvalue weighted by molar-refractivity contribution is 9.08. The summed E-state index contributed by atoms with van der Waals surface area (Å²) in [7, 11) is -0.553. The van der Waals surface area contributed by atoms with Crippen LogP contribution >= 0.6 is 31.9 Å². The molecule has 0 bridgehead atoms. The molecule has 0 aromatic heterocycles. The van der Waals surface area contributed by atoms with Gasteiger partial charge in [0.2, 0.25) is 0 Å². The van der Waals surface area contributed by atoms with Gasteiger partial charge in [-0.2, -0.15) is 0 Å². The lowest BCUT2D eigenvalue weighted by molar-refractivity contribution is 0.142. The molecule has 0 aliphatic carbocycles. The summed E-state index contributed by atoms with van der Waals surface area (Å²) in [6.45, 7) is 2.97. The van der Waals surface area contributed by atoms with Crippen molar-refractivity contribution in [2.24, 2.45) is 0 Å². The Morgan fingerprint density at radius 3 is 1.41 bits per heavy atom. The first kappa shape index (κ1) is 17.0. The molecule has 0 atom stereocenters. The van der Waals surface area contributed by atoms with Crippen LogP contribution in [0.3, 0.4) is 0 Å². The molecule has 0 radical (unpaired) electrons. The van der Waals surface area contributed by atoms with Gasteiger partial charge in [-0.3, -0.25) is 0 Å². The Labute approximate surface area is 148 Å². The van der Waals surface area contributed by atoms with Crippen LogP contribution in [0.25, 0.3) is 0 Å². The Kier molecular flexibility index (Phi) is 6.42. The SMILES string of the molecule is BrCc1cc(B2OCCCO2)c(CBr)cc1B1OCCCO1. The summed E-state index contributed by atoms with van der Waals surface area (Å²) in [6, 6.07) is 4.30. The largest absolute Gasteiger partial charge is 0.494 e. The molecule has 2 aliphatic heterocycles. The molecular weight excluding hydrogens is 414 g/mol. The minimum Gasteiger partial charge on any atom is -0.407 e. The average molecular weight is 432 g/mol. The molecule has 8 heteroatoms. The molecule has 2 fully saturated rings. The van der Waals surface area contributed by atoms with E-state index in [9.17, 15) is 0 Å². The number of benzene rings is 1. The second-order valence-corrected chi connectivity index (χ2v) is 6.49. The van der Waals surface area contributed by atoms with E-state index in [4.69, 9.17) is 18.6 Å². The topological polar surface area (TPSA) is 36.9 Å². The molecule has 3 rings (SSSR count). The first-order valence-electron chi connectivity index (χ1n) is 7.57. The van der Waals surface area contributed by atoms with Crippen LogP contribution in [0.1, 0.15) is 24.0 Å². The van der Waals surface area contributed by atoms with Crippen LogP contribution in [0.5, 0.6) is 0 Å². The zero-order chi connectivity index (χ0) is 15.4. The molecule has 118 valence electrons. The fourth-order valence-corrected chi connectivity index (χ4v) is 3.70. The summed E-state index contributed by atoms with van der Waals surface area (Å²) in [5.74, 6) is 0. The quantitative estimate of drug-likeness (QED) is 0.538. The minimum absolute atomic E-state index is 0.277. The fourth-order valence-electron chi connectivity index (χ4n) is 2.73. The highest BCUT2D eigenvalue weighted by atomic mass is 79.9. The Morgan fingerprint density at radius 2 is 1.09 bits per heavy atom. The third-order valence-corrected chi connectivity index (χ3v) is 5.06. The predicted octanol–water partition coefficient (Wildman–Crippen LogP) is 1.74. The second kappa shape index (κ2) is 8.31. The number of rotatable bonds is 4. The van der Waals surface area contributed by atoms with E-state index in [0.29, 0.717) is 0 Å². The summed E-state index contributed by atoms with van der Waals surface area (Å²) in [6.07, 6.45) is 1.90. The van der Waals surface area contributed by atoms with E-state index < -0.39 is 0 Å². The fraction of sp³-hybridized carbons (Fsp3) is 0.571. The molecule has 4 nitrogen and oxygen atoms in total. The predicted molar refractivity (Wildman–Crippen MR) is 95.5 cm³/mol. The highest BCUT2D eigenvalue weighted by Crippen LogP contribution is 2.14. The van der Waals surface area contributed by atoms with Crippen molar-refractivity contribution >= 4 is 57.0 Å². The van der Waals surface area contributed by atoms with E-state index in [0.717, 1.165) is 72.0 Å². The van der Waals surface area contributed by atoms with E-state index in [1.54, 1.807) is 0 Å². The second-order valence-electron chi connectivity index (χ2n) is 5.37. The molecule has 1 aromatic carbocycles. The van der Waals surface area contributed by atoms with Crippen molar-refractivity contribution in [1.29, 1.82) is 0 Å². The monoisotopic (exact) mass is 430 g/mol. The van der Waals surface area contributed by atoms with Crippen molar-refractivity contribution in [2.75, 3.05) is 26.4 Å². The number of halogens is 2. The van der Waals surface area contributed by atoms with Gasteiger partial charge in [0.1, 0.15) is 0 Å². The molecule has 0 amide bonds. The lowest BCUT2D eigenvalue weighted by Crippen LogP contribution is -2.47. The van der Waals surface area contributed by atoms with Crippen LogP contribution in [0.15, 0.2) is 12.1 Å². The van der Waals surface area contributed by atoms with Crippen molar-refractivity contribution in [3.8, 4) is 0 Å². The maximum Gasteiger partial charge on any atom is 0.494 e. The summed E-state index contributed by atoms with van der Waals surface area (Å²) < 4.78 is 23.1. The van der Waals surface area contributed by atoms with Crippen molar-refractivity contribution in [3.63, 3.8) is 0 Å². The molecule has 2 aliphatic rings. The van der Waals surface area contributed by atoms with E-state index >= 15 is 0 Å². The van der Waals surface area contributed by atoms with Gasteiger partial charge in [0.25, 0.3) is 0 Å². The van der Waals surface area contributed by atoms with E-state index in [-0.39, 0.29) is 14.2 Å². The molecule has 2 saturated heterocycles. The van der Waals surface area contributed by atoms with Gasteiger partial charge in [0.15, 0.2) is 0 Å². The Hall–Kier alpha value is 0.150. The van der Waals surface area contributed by atoms with Crippen LogP contribution in [-0.4, -0.2) is 40.7 Å². The average Bonchev–Trinajstić information content (AvgIpc) is 2.62. The maximum atomic E-state index is 5.77. The van der Waals surface area contributed by atoms with E-state index in [1.165, 1.54) is 0 Å². The zero-order valence-electron chi connectivity index (χ0n) is 12.4. The number of hydrogen-bond acceptors (Lipinski definition) is 4.